The second-order valence-electron chi connectivity index (χ2n) is 4.08. The number of hydrogen-bond acceptors (Lipinski definition) is 3. The van der Waals surface area contributed by atoms with Crippen LogP contribution in [0.1, 0.15) is 32.1 Å². The molecule has 1 rings (SSSR count). The Bertz CT molecular complexity index is 124. The fourth-order valence-electron chi connectivity index (χ4n) is 1.91. The number of nitrogens with one attached hydrogen (secondary N) is 1. The Morgan fingerprint density at radius 3 is 2.50 bits per heavy atom. The van der Waals surface area contributed by atoms with Gasteiger partial charge in [0.25, 0.3) is 0 Å². The second kappa shape index (κ2) is 8.21. The molecule has 1 fully saturated rings. The average Bonchev–Trinajstić information content (AvgIpc) is 2.25. The minimum Gasteiger partial charge on any atom is -0.396 e. The van der Waals surface area contributed by atoms with Gasteiger partial charge in [-0.05, 0) is 45.3 Å². The van der Waals surface area contributed by atoms with Gasteiger partial charge in [0.15, 0.2) is 0 Å². The molecule has 0 aromatic carbocycles. The third-order valence-corrected chi connectivity index (χ3v) is 2.82. The van der Waals surface area contributed by atoms with Gasteiger partial charge in [0, 0.05) is 19.7 Å². The first-order chi connectivity index (χ1) is 6.93. The minimum atomic E-state index is 0.327. The van der Waals surface area contributed by atoms with Crippen molar-refractivity contribution in [3.05, 3.63) is 0 Å². The maximum atomic E-state index is 8.59. The van der Waals surface area contributed by atoms with E-state index in [1.807, 2.05) is 0 Å². The zero-order valence-corrected chi connectivity index (χ0v) is 9.17. The van der Waals surface area contributed by atoms with E-state index in [1.165, 1.54) is 38.9 Å². The number of piperidine rings is 1. The lowest BCUT2D eigenvalue weighted by atomic mass is 10.1. The summed E-state index contributed by atoms with van der Waals surface area (Å²) >= 11 is 0. The van der Waals surface area contributed by atoms with Gasteiger partial charge in [-0.25, -0.2) is 0 Å². The number of unbranched alkanes of at least 4 members (excludes halogenated alkanes) is 1. The summed E-state index contributed by atoms with van der Waals surface area (Å²) in [6.07, 6.45) is 6.20. The maximum Gasteiger partial charge on any atom is 0.0431 e. The molecule has 1 heterocycles. The summed E-state index contributed by atoms with van der Waals surface area (Å²) in [6.45, 7) is 6.25. The minimum absolute atomic E-state index is 0.327. The molecular weight excluding hydrogens is 176 g/mol. The third-order valence-electron chi connectivity index (χ3n) is 2.82. The molecule has 2 N–H and O–H groups in total. The lowest BCUT2D eigenvalue weighted by Crippen LogP contribution is -2.36. The van der Waals surface area contributed by atoms with E-state index < -0.39 is 0 Å². The molecule has 0 aromatic rings. The fourth-order valence-corrected chi connectivity index (χ4v) is 1.91. The highest BCUT2D eigenvalue weighted by Crippen LogP contribution is 2.07. The molecule has 0 aliphatic carbocycles. The van der Waals surface area contributed by atoms with Crippen LogP contribution in [0.25, 0.3) is 0 Å². The lowest BCUT2D eigenvalue weighted by molar-refractivity contribution is 0.228. The first-order valence-corrected chi connectivity index (χ1v) is 5.97. The smallest absolute Gasteiger partial charge is 0.0431 e. The van der Waals surface area contributed by atoms with Crippen molar-refractivity contribution in [3.8, 4) is 0 Å². The van der Waals surface area contributed by atoms with Crippen molar-refractivity contribution in [2.24, 2.45) is 0 Å². The summed E-state index contributed by atoms with van der Waals surface area (Å²) in [7, 11) is 0. The van der Waals surface area contributed by atoms with Crippen molar-refractivity contribution < 1.29 is 5.11 Å². The normalized spacial score (nSPS) is 18.6. The van der Waals surface area contributed by atoms with Crippen LogP contribution < -0.4 is 5.32 Å². The molecule has 0 bridgehead atoms. The SMILES string of the molecule is OCCCCNCCN1CCCCC1. The Balaban J connectivity index is 1.82. The molecule has 14 heavy (non-hydrogen) atoms. The zero-order valence-electron chi connectivity index (χ0n) is 9.17. The van der Waals surface area contributed by atoms with Gasteiger partial charge in [0.05, 0.1) is 0 Å². The zero-order chi connectivity index (χ0) is 10.1. The molecule has 1 saturated heterocycles. The van der Waals surface area contributed by atoms with Crippen molar-refractivity contribution in [3.63, 3.8) is 0 Å². The highest BCUT2D eigenvalue weighted by atomic mass is 16.2. The number of hydrogen-bond donors (Lipinski definition) is 2. The van der Waals surface area contributed by atoms with Crippen molar-refractivity contribution in [1.82, 2.24) is 10.2 Å². The van der Waals surface area contributed by atoms with E-state index in [9.17, 15) is 0 Å². The standard InChI is InChI=1S/C11H24N2O/c14-11-5-2-6-12-7-10-13-8-3-1-4-9-13/h12,14H,1-11H2. The van der Waals surface area contributed by atoms with Gasteiger partial charge in [-0.2, -0.15) is 0 Å². The van der Waals surface area contributed by atoms with Crippen LogP contribution >= 0.6 is 0 Å². The van der Waals surface area contributed by atoms with E-state index in [-0.39, 0.29) is 0 Å². The summed E-state index contributed by atoms with van der Waals surface area (Å²) in [4.78, 5) is 2.54. The number of aliphatic hydroxyl groups excluding tert-OH is 1. The van der Waals surface area contributed by atoms with Crippen molar-refractivity contribution in [1.29, 1.82) is 0 Å². The lowest BCUT2D eigenvalue weighted by Gasteiger charge is -2.26. The van der Waals surface area contributed by atoms with Crippen LogP contribution in [0.5, 0.6) is 0 Å². The number of rotatable bonds is 7. The van der Waals surface area contributed by atoms with Gasteiger partial charge in [0.2, 0.25) is 0 Å². The number of nitrogens with zero attached hydrogens (tertiary/aromatic N) is 1. The Labute approximate surface area is 87.5 Å². The molecule has 3 nitrogen and oxygen atoms in total. The molecule has 0 saturated carbocycles. The van der Waals surface area contributed by atoms with Gasteiger partial charge in [0.1, 0.15) is 0 Å². The van der Waals surface area contributed by atoms with E-state index in [1.54, 1.807) is 0 Å². The highest BCUT2D eigenvalue weighted by Gasteiger charge is 2.08. The first-order valence-electron chi connectivity index (χ1n) is 5.97. The maximum absolute atomic E-state index is 8.59. The van der Waals surface area contributed by atoms with Crippen LogP contribution in [-0.2, 0) is 0 Å². The topological polar surface area (TPSA) is 35.5 Å². The molecule has 3 heteroatoms. The van der Waals surface area contributed by atoms with E-state index >= 15 is 0 Å². The van der Waals surface area contributed by atoms with Gasteiger partial charge < -0.3 is 15.3 Å². The fraction of sp³-hybridized carbons (Fsp3) is 1.00. The predicted molar refractivity (Wildman–Crippen MR) is 59.5 cm³/mol. The van der Waals surface area contributed by atoms with E-state index in [4.69, 9.17) is 5.11 Å². The molecular formula is C11H24N2O. The largest absolute Gasteiger partial charge is 0.396 e. The number of likely N-dealkylation sites (tertiary alicyclic amines) is 1. The molecule has 0 atom stereocenters. The summed E-state index contributed by atoms with van der Waals surface area (Å²) < 4.78 is 0. The van der Waals surface area contributed by atoms with Crippen LogP contribution in [0.4, 0.5) is 0 Å². The Hall–Kier alpha value is -0.120. The molecule has 0 aromatic heterocycles. The van der Waals surface area contributed by atoms with Gasteiger partial charge in [-0.3, -0.25) is 0 Å². The van der Waals surface area contributed by atoms with Gasteiger partial charge in [-0.1, -0.05) is 6.42 Å². The first kappa shape index (κ1) is 12.0. The van der Waals surface area contributed by atoms with Crippen LogP contribution in [0.3, 0.4) is 0 Å². The monoisotopic (exact) mass is 200 g/mol. The molecule has 84 valence electrons. The number of aliphatic hydroxyl groups is 1. The summed E-state index contributed by atoms with van der Waals surface area (Å²) in [5.41, 5.74) is 0. The van der Waals surface area contributed by atoms with E-state index in [0.29, 0.717) is 6.61 Å². The molecule has 0 amide bonds. The Morgan fingerprint density at radius 1 is 1.00 bits per heavy atom. The molecule has 0 unspecified atom stereocenters. The molecule has 1 aliphatic heterocycles. The van der Waals surface area contributed by atoms with Crippen LogP contribution in [0.15, 0.2) is 0 Å². The third kappa shape index (κ3) is 5.58. The average molecular weight is 200 g/mol. The van der Waals surface area contributed by atoms with Crippen molar-refractivity contribution in [2.45, 2.75) is 32.1 Å². The summed E-state index contributed by atoms with van der Waals surface area (Å²) in [5, 5.41) is 12.0. The van der Waals surface area contributed by atoms with Crippen LogP contribution in [0.2, 0.25) is 0 Å². The summed E-state index contributed by atoms with van der Waals surface area (Å²) in [5.74, 6) is 0. The predicted octanol–water partition coefficient (Wildman–Crippen LogP) is 0.834. The van der Waals surface area contributed by atoms with Gasteiger partial charge in [-0.15, -0.1) is 0 Å². The van der Waals surface area contributed by atoms with E-state index in [2.05, 4.69) is 10.2 Å². The summed E-state index contributed by atoms with van der Waals surface area (Å²) in [6, 6.07) is 0. The second-order valence-corrected chi connectivity index (χ2v) is 4.08. The van der Waals surface area contributed by atoms with Crippen molar-refractivity contribution in [2.75, 3.05) is 39.3 Å². The highest BCUT2D eigenvalue weighted by molar-refractivity contribution is 4.65. The van der Waals surface area contributed by atoms with Crippen LogP contribution in [0, 0.1) is 0 Å². The van der Waals surface area contributed by atoms with E-state index in [0.717, 1.165) is 25.9 Å². The quantitative estimate of drug-likeness (QED) is 0.598. The Morgan fingerprint density at radius 2 is 1.79 bits per heavy atom. The van der Waals surface area contributed by atoms with Crippen LogP contribution in [-0.4, -0.2) is 49.3 Å². The molecule has 0 spiro atoms. The molecule has 1 aliphatic rings. The Kier molecular flexibility index (Phi) is 7.01. The van der Waals surface area contributed by atoms with Crippen molar-refractivity contribution >= 4 is 0 Å². The van der Waals surface area contributed by atoms with Gasteiger partial charge >= 0.3 is 0 Å². The molecule has 0 radical (unpaired) electrons.